The lowest BCUT2D eigenvalue weighted by atomic mass is 9.99. The standard InChI is InChI=1S/C11H24N2/c1-9-8-13(11(3,4)5)10(2)7-12(9)6/h9-10H,7-8H2,1-6H3/t9-,10-/m0/s1. The van der Waals surface area contributed by atoms with E-state index in [0.29, 0.717) is 17.6 Å². The monoisotopic (exact) mass is 184 g/mol. The number of rotatable bonds is 0. The van der Waals surface area contributed by atoms with Gasteiger partial charge in [0.1, 0.15) is 0 Å². The lowest BCUT2D eigenvalue weighted by Crippen LogP contribution is -2.60. The summed E-state index contributed by atoms with van der Waals surface area (Å²) < 4.78 is 0. The highest BCUT2D eigenvalue weighted by atomic mass is 15.3. The molecule has 0 spiro atoms. The smallest absolute Gasteiger partial charge is 0.0200 e. The van der Waals surface area contributed by atoms with E-state index in [1.165, 1.54) is 13.1 Å². The van der Waals surface area contributed by atoms with Crippen molar-refractivity contribution < 1.29 is 0 Å². The molecule has 1 saturated heterocycles. The Morgan fingerprint density at radius 2 is 1.54 bits per heavy atom. The van der Waals surface area contributed by atoms with Crippen LogP contribution < -0.4 is 0 Å². The van der Waals surface area contributed by atoms with Crippen molar-refractivity contribution in [2.24, 2.45) is 0 Å². The molecule has 78 valence electrons. The summed E-state index contributed by atoms with van der Waals surface area (Å²) in [6, 6.07) is 1.37. The zero-order chi connectivity index (χ0) is 10.2. The molecular formula is C11H24N2. The number of likely N-dealkylation sites (N-methyl/N-ethyl adjacent to an activating group) is 1. The first kappa shape index (κ1) is 11.0. The zero-order valence-corrected chi connectivity index (χ0v) is 9.96. The van der Waals surface area contributed by atoms with Crippen LogP contribution in [0.3, 0.4) is 0 Å². The van der Waals surface area contributed by atoms with E-state index in [2.05, 4.69) is 51.5 Å². The molecule has 1 fully saturated rings. The van der Waals surface area contributed by atoms with Gasteiger partial charge >= 0.3 is 0 Å². The average Bonchev–Trinajstić information content (AvgIpc) is 1.94. The van der Waals surface area contributed by atoms with Crippen LogP contribution in [0, 0.1) is 0 Å². The van der Waals surface area contributed by atoms with E-state index >= 15 is 0 Å². The molecule has 0 saturated carbocycles. The molecule has 2 atom stereocenters. The molecule has 0 unspecified atom stereocenters. The molecule has 0 aromatic rings. The molecule has 1 heterocycles. The van der Waals surface area contributed by atoms with Crippen molar-refractivity contribution in [3.05, 3.63) is 0 Å². The van der Waals surface area contributed by atoms with Crippen LogP contribution in [-0.4, -0.2) is 47.6 Å². The van der Waals surface area contributed by atoms with E-state index in [1.807, 2.05) is 0 Å². The zero-order valence-electron chi connectivity index (χ0n) is 9.96. The molecule has 0 radical (unpaired) electrons. The Bertz CT molecular complexity index is 171. The van der Waals surface area contributed by atoms with Crippen molar-refractivity contribution in [3.8, 4) is 0 Å². The van der Waals surface area contributed by atoms with Crippen LogP contribution in [0.2, 0.25) is 0 Å². The van der Waals surface area contributed by atoms with Gasteiger partial charge in [-0.25, -0.2) is 0 Å². The maximum Gasteiger partial charge on any atom is 0.0200 e. The van der Waals surface area contributed by atoms with Gasteiger partial charge in [-0.05, 0) is 41.7 Å². The van der Waals surface area contributed by atoms with Gasteiger partial charge < -0.3 is 4.90 Å². The first-order chi connectivity index (χ1) is 5.82. The molecule has 1 aliphatic rings. The number of hydrogen-bond donors (Lipinski definition) is 0. The molecule has 0 amide bonds. The molecule has 1 rings (SSSR count). The number of piperazine rings is 1. The Kier molecular flexibility index (Phi) is 3.03. The Hall–Kier alpha value is -0.0800. The van der Waals surface area contributed by atoms with Crippen LogP contribution in [0.15, 0.2) is 0 Å². The van der Waals surface area contributed by atoms with Gasteiger partial charge in [0, 0.05) is 30.7 Å². The highest BCUT2D eigenvalue weighted by Gasteiger charge is 2.33. The third kappa shape index (κ3) is 2.44. The summed E-state index contributed by atoms with van der Waals surface area (Å²) in [5.74, 6) is 0. The minimum absolute atomic E-state index is 0.314. The minimum atomic E-state index is 0.314. The summed E-state index contributed by atoms with van der Waals surface area (Å²) in [4.78, 5) is 5.06. The second-order valence-corrected chi connectivity index (χ2v) is 5.46. The fourth-order valence-electron chi connectivity index (χ4n) is 2.23. The Balaban J connectivity index is 2.67. The minimum Gasteiger partial charge on any atom is -0.301 e. The molecule has 0 N–H and O–H groups in total. The van der Waals surface area contributed by atoms with Gasteiger partial charge in [0.2, 0.25) is 0 Å². The highest BCUT2D eigenvalue weighted by Crippen LogP contribution is 2.22. The van der Waals surface area contributed by atoms with Crippen LogP contribution in [0.25, 0.3) is 0 Å². The summed E-state index contributed by atoms with van der Waals surface area (Å²) in [5, 5.41) is 0. The highest BCUT2D eigenvalue weighted by molar-refractivity contribution is 4.89. The normalized spacial score (nSPS) is 33.7. The van der Waals surface area contributed by atoms with Crippen LogP contribution in [0.4, 0.5) is 0 Å². The van der Waals surface area contributed by atoms with E-state index in [9.17, 15) is 0 Å². The van der Waals surface area contributed by atoms with E-state index in [1.54, 1.807) is 0 Å². The topological polar surface area (TPSA) is 6.48 Å². The maximum absolute atomic E-state index is 2.61. The second-order valence-electron chi connectivity index (χ2n) is 5.46. The van der Waals surface area contributed by atoms with Crippen LogP contribution in [0.5, 0.6) is 0 Å². The predicted octanol–water partition coefficient (Wildman–Crippen LogP) is 1.81. The molecule has 0 aliphatic carbocycles. The molecule has 0 aromatic heterocycles. The lowest BCUT2D eigenvalue weighted by molar-refractivity contribution is -0.000118. The van der Waals surface area contributed by atoms with Gasteiger partial charge in [-0.1, -0.05) is 0 Å². The van der Waals surface area contributed by atoms with Gasteiger partial charge in [0.05, 0.1) is 0 Å². The van der Waals surface area contributed by atoms with Crippen molar-refractivity contribution in [1.82, 2.24) is 9.80 Å². The second kappa shape index (κ2) is 3.58. The van der Waals surface area contributed by atoms with E-state index in [4.69, 9.17) is 0 Å². The molecule has 0 aromatic carbocycles. The summed E-state index contributed by atoms with van der Waals surface area (Å²) >= 11 is 0. The van der Waals surface area contributed by atoms with Crippen molar-refractivity contribution >= 4 is 0 Å². The van der Waals surface area contributed by atoms with Crippen LogP contribution in [0.1, 0.15) is 34.6 Å². The SMILES string of the molecule is C[C@H]1CN(C(C)(C)C)[C@@H](C)CN1C. The lowest BCUT2D eigenvalue weighted by Gasteiger charge is -2.48. The summed E-state index contributed by atoms with van der Waals surface area (Å²) in [6.07, 6.45) is 0. The van der Waals surface area contributed by atoms with Crippen molar-refractivity contribution in [2.75, 3.05) is 20.1 Å². The third-order valence-electron chi connectivity index (χ3n) is 3.16. The Labute approximate surface area is 82.9 Å². The fraction of sp³-hybridized carbons (Fsp3) is 1.00. The Morgan fingerprint density at radius 1 is 1.00 bits per heavy atom. The molecule has 0 bridgehead atoms. The van der Waals surface area contributed by atoms with Gasteiger partial charge in [-0.2, -0.15) is 0 Å². The van der Waals surface area contributed by atoms with Crippen molar-refractivity contribution in [1.29, 1.82) is 0 Å². The first-order valence-electron chi connectivity index (χ1n) is 5.29. The van der Waals surface area contributed by atoms with Crippen molar-refractivity contribution in [3.63, 3.8) is 0 Å². The molecule has 2 heteroatoms. The van der Waals surface area contributed by atoms with Crippen LogP contribution >= 0.6 is 0 Å². The fourth-order valence-corrected chi connectivity index (χ4v) is 2.23. The summed E-state index contributed by atoms with van der Waals surface area (Å²) in [7, 11) is 2.22. The van der Waals surface area contributed by atoms with Gasteiger partial charge in [0.25, 0.3) is 0 Å². The van der Waals surface area contributed by atoms with E-state index in [0.717, 1.165) is 0 Å². The quantitative estimate of drug-likeness (QED) is 0.566. The Morgan fingerprint density at radius 3 is 2.00 bits per heavy atom. The van der Waals surface area contributed by atoms with E-state index in [-0.39, 0.29) is 0 Å². The first-order valence-corrected chi connectivity index (χ1v) is 5.29. The molecular weight excluding hydrogens is 160 g/mol. The van der Waals surface area contributed by atoms with E-state index < -0.39 is 0 Å². The maximum atomic E-state index is 2.61. The van der Waals surface area contributed by atoms with Crippen LogP contribution in [-0.2, 0) is 0 Å². The summed E-state index contributed by atoms with van der Waals surface area (Å²) in [5.41, 5.74) is 0.314. The molecule has 2 nitrogen and oxygen atoms in total. The van der Waals surface area contributed by atoms with Gasteiger partial charge in [-0.15, -0.1) is 0 Å². The third-order valence-corrected chi connectivity index (χ3v) is 3.16. The van der Waals surface area contributed by atoms with Gasteiger partial charge in [0.15, 0.2) is 0 Å². The number of hydrogen-bond acceptors (Lipinski definition) is 2. The molecule has 13 heavy (non-hydrogen) atoms. The summed E-state index contributed by atoms with van der Waals surface area (Å²) in [6.45, 7) is 13.9. The van der Waals surface area contributed by atoms with Gasteiger partial charge in [-0.3, -0.25) is 4.90 Å². The average molecular weight is 184 g/mol. The number of nitrogens with zero attached hydrogens (tertiary/aromatic N) is 2. The van der Waals surface area contributed by atoms with Crippen molar-refractivity contribution in [2.45, 2.75) is 52.2 Å². The predicted molar refractivity (Wildman–Crippen MR) is 58.0 cm³/mol. The largest absolute Gasteiger partial charge is 0.301 e. The molecule has 1 aliphatic heterocycles.